The third kappa shape index (κ3) is 2.73. The predicted octanol–water partition coefficient (Wildman–Crippen LogP) is 2.21. The zero-order chi connectivity index (χ0) is 17.4. The Bertz CT molecular complexity index is 843. The Morgan fingerprint density at radius 2 is 1.79 bits per heavy atom. The minimum Gasteiger partial charge on any atom is -0.302 e. The van der Waals surface area contributed by atoms with E-state index >= 15 is 0 Å². The minimum atomic E-state index is -0.664. The SMILES string of the molecule is Cc1csc(=O)n1CCN1C(=O)[C@H](C)N(c2ccc(F)cc2)C1=O. The highest BCUT2D eigenvalue weighted by Gasteiger charge is 2.43. The monoisotopic (exact) mass is 349 g/mol. The Hall–Kier alpha value is -2.48. The Kier molecular flexibility index (Phi) is 4.23. The summed E-state index contributed by atoms with van der Waals surface area (Å²) in [7, 11) is 0. The number of imide groups is 1. The third-order valence-corrected chi connectivity index (χ3v) is 4.96. The van der Waals surface area contributed by atoms with Crippen LogP contribution in [0.15, 0.2) is 34.4 Å². The number of carbonyl (C=O) groups is 2. The van der Waals surface area contributed by atoms with Crippen LogP contribution >= 0.6 is 11.3 Å². The number of amides is 3. The molecular formula is C16H16FN3O3S. The highest BCUT2D eigenvalue weighted by atomic mass is 32.1. The summed E-state index contributed by atoms with van der Waals surface area (Å²) in [5.41, 5.74) is 1.26. The van der Waals surface area contributed by atoms with Crippen LogP contribution in [0.2, 0.25) is 0 Å². The van der Waals surface area contributed by atoms with Gasteiger partial charge in [0.2, 0.25) is 0 Å². The van der Waals surface area contributed by atoms with E-state index in [0.717, 1.165) is 21.9 Å². The number of rotatable bonds is 4. The zero-order valence-electron chi connectivity index (χ0n) is 13.2. The van der Waals surface area contributed by atoms with E-state index in [0.29, 0.717) is 5.69 Å². The van der Waals surface area contributed by atoms with Crippen LogP contribution in [-0.2, 0) is 11.3 Å². The summed E-state index contributed by atoms with van der Waals surface area (Å²) >= 11 is 1.09. The molecule has 1 atom stereocenters. The lowest BCUT2D eigenvalue weighted by Crippen LogP contribution is -2.36. The second-order valence-electron chi connectivity index (χ2n) is 5.59. The summed E-state index contributed by atoms with van der Waals surface area (Å²) in [6, 6.07) is 4.30. The van der Waals surface area contributed by atoms with Crippen molar-refractivity contribution in [2.45, 2.75) is 26.4 Å². The fourth-order valence-corrected chi connectivity index (χ4v) is 3.50. The van der Waals surface area contributed by atoms with Crippen molar-refractivity contribution in [1.29, 1.82) is 0 Å². The van der Waals surface area contributed by atoms with Crippen LogP contribution in [0.25, 0.3) is 0 Å². The molecule has 1 fully saturated rings. The van der Waals surface area contributed by atoms with E-state index in [9.17, 15) is 18.8 Å². The quantitative estimate of drug-likeness (QED) is 0.795. The van der Waals surface area contributed by atoms with Gasteiger partial charge in [-0.25, -0.2) is 9.18 Å². The molecule has 24 heavy (non-hydrogen) atoms. The first-order chi connectivity index (χ1) is 11.4. The molecule has 126 valence electrons. The highest BCUT2D eigenvalue weighted by molar-refractivity contribution is 7.07. The number of thiazole rings is 1. The van der Waals surface area contributed by atoms with E-state index in [1.54, 1.807) is 19.2 Å². The molecule has 0 N–H and O–H groups in total. The van der Waals surface area contributed by atoms with Crippen LogP contribution in [0.4, 0.5) is 14.9 Å². The van der Waals surface area contributed by atoms with Crippen molar-refractivity contribution in [2.24, 2.45) is 0 Å². The summed E-state index contributed by atoms with van der Waals surface area (Å²) in [6.45, 7) is 3.82. The van der Waals surface area contributed by atoms with Gasteiger partial charge >= 0.3 is 10.9 Å². The number of benzene rings is 1. The van der Waals surface area contributed by atoms with Gasteiger partial charge in [0.15, 0.2) is 0 Å². The summed E-state index contributed by atoms with van der Waals surface area (Å²) < 4.78 is 14.6. The molecule has 0 bridgehead atoms. The lowest BCUT2D eigenvalue weighted by Gasteiger charge is -2.19. The zero-order valence-corrected chi connectivity index (χ0v) is 14.0. The molecule has 1 aromatic carbocycles. The van der Waals surface area contributed by atoms with Crippen LogP contribution in [0.1, 0.15) is 12.6 Å². The molecular weight excluding hydrogens is 333 g/mol. The fourth-order valence-electron chi connectivity index (χ4n) is 2.74. The second kappa shape index (κ2) is 6.20. The van der Waals surface area contributed by atoms with Crippen molar-refractivity contribution >= 4 is 29.0 Å². The van der Waals surface area contributed by atoms with Gasteiger partial charge in [-0.15, -0.1) is 0 Å². The van der Waals surface area contributed by atoms with Gasteiger partial charge in [0, 0.05) is 29.9 Å². The Morgan fingerprint density at radius 1 is 1.12 bits per heavy atom. The standard InChI is InChI=1S/C16H16FN3O3S/c1-10-9-24-16(23)18(10)7-8-19-14(21)11(2)20(15(19)22)13-5-3-12(17)4-6-13/h3-6,9,11H,7-8H2,1-2H3/t11-/m0/s1. The first-order valence-corrected chi connectivity index (χ1v) is 8.33. The smallest absolute Gasteiger partial charge is 0.302 e. The van der Waals surface area contributed by atoms with Gasteiger partial charge < -0.3 is 4.57 Å². The molecule has 0 radical (unpaired) electrons. The third-order valence-electron chi connectivity index (χ3n) is 4.08. The van der Waals surface area contributed by atoms with Crippen LogP contribution in [0.3, 0.4) is 0 Å². The summed E-state index contributed by atoms with van der Waals surface area (Å²) in [4.78, 5) is 39.1. The molecule has 2 aromatic rings. The van der Waals surface area contributed by atoms with E-state index in [1.165, 1.54) is 33.7 Å². The van der Waals surface area contributed by atoms with Crippen LogP contribution in [-0.4, -0.2) is 34.0 Å². The second-order valence-corrected chi connectivity index (χ2v) is 6.41. The predicted molar refractivity (Wildman–Crippen MR) is 88.8 cm³/mol. The molecule has 2 heterocycles. The van der Waals surface area contributed by atoms with Crippen molar-refractivity contribution in [1.82, 2.24) is 9.47 Å². The lowest BCUT2D eigenvalue weighted by molar-refractivity contribution is -0.127. The Morgan fingerprint density at radius 3 is 2.38 bits per heavy atom. The molecule has 3 amide bonds. The molecule has 1 saturated heterocycles. The molecule has 3 rings (SSSR count). The van der Waals surface area contributed by atoms with Crippen molar-refractivity contribution < 1.29 is 14.0 Å². The van der Waals surface area contributed by atoms with Crippen molar-refractivity contribution in [2.75, 3.05) is 11.4 Å². The van der Waals surface area contributed by atoms with Gasteiger partial charge in [-0.3, -0.25) is 19.4 Å². The Labute approximate surface area is 141 Å². The molecule has 6 nitrogen and oxygen atoms in total. The van der Waals surface area contributed by atoms with Gasteiger partial charge in [0.1, 0.15) is 11.9 Å². The van der Waals surface area contributed by atoms with Crippen LogP contribution in [0, 0.1) is 12.7 Å². The topological polar surface area (TPSA) is 62.6 Å². The van der Waals surface area contributed by atoms with Gasteiger partial charge in [-0.05, 0) is 38.1 Å². The number of urea groups is 1. The van der Waals surface area contributed by atoms with E-state index in [2.05, 4.69) is 0 Å². The first kappa shape index (κ1) is 16.4. The summed E-state index contributed by atoms with van der Waals surface area (Å²) in [5.74, 6) is -0.737. The Balaban J connectivity index is 1.80. The van der Waals surface area contributed by atoms with Gasteiger partial charge in [0.25, 0.3) is 5.91 Å². The van der Waals surface area contributed by atoms with Gasteiger partial charge in [-0.1, -0.05) is 11.3 Å². The normalized spacial score (nSPS) is 17.9. The maximum Gasteiger partial charge on any atom is 0.332 e. The lowest BCUT2D eigenvalue weighted by atomic mass is 10.2. The molecule has 0 aliphatic carbocycles. The van der Waals surface area contributed by atoms with Crippen LogP contribution < -0.4 is 9.77 Å². The minimum absolute atomic E-state index is 0.116. The highest BCUT2D eigenvalue weighted by Crippen LogP contribution is 2.25. The maximum absolute atomic E-state index is 13.1. The van der Waals surface area contributed by atoms with Gasteiger partial charge in [-0.2, -0.15) is 0 Å². The molecule has 0 unspecified atom stereocenters. The van der Waals surface area contributed by atoms with Crippen molar-refractivity contribution in [3.8, 4) is 0 Å². The molecule has 0 saturated carbocycles. The number of nitrogens with zero attached hydrogens (tertiary/aromatic N) is 3. The van der Waals surface area contributed by atoms with Crippen LogP contribution in [0.5, 0.6) is 0 Å². The summed E-state index contributed by atoms with van der Waals surface area (Å²) in [6.07, 6.45) is 0. The van der Waals surface area contributed by atoms with E-state index in [-0.39, 0.29) is 23.9 Å². The molecule has 1 aliphatic heterocycles. The number of carbonyl (C=O) groups excluding carboxylic acids is 2. The average Bonchev–Trinajstić information content (AvgIpc) is 2.98. The van der Waals surface area contributed by atoms with E-state index < -0.39 is 17.9 Å². The fraction of sp³-hybridized carbons (Fsp3) is 0.312. The van der Waals surface area contributed by atoms with Crippen molar-refractivity contribution in [3.05, 3.63) is 50.8 Å². The number of aromatic nitrogens is 1. The number of aryl methyl sites for hydroxylation is 1. The van der Waals surface area contributed by atoms with E-state index in [4.69, 9.17) is 0 Å². The number of anilines is 1. The van der Waals surface area contributed by atoms with Gasteiger partial charge in [0.05, 0.1) is 0 Å². The molecule has 1 aliphatic rings. The number of hydrogen-bond acceptors (Lipinski definition) is 4. The maximum atomic E-state index is 13.1. The largest absolute Gasteiger partial charge is 0.332 e. The van der Waals surface area contributed by atoms with E-state index in [1.807, 2.05) is 0 Å². The molecule has 0 spiro atoms. The first-order valence-electron chi connectivity index (χ1n) is 7.45. The average molecular weight is 349 g/mol. The number of hydrogen-bond donors (Lipinski definition) is 0. The van der Waals surface area contributed by atoms with Crippen molar-refractivity contribution in [3.63, 3.8) is 0 Å². The molecule has 8 heteroatoms. The summed E-state index contributed by atoms with van der Waals surface area (Å²) in [5, 5.41) is 1.74. The number of halogens is 1. The molecule has 1 aromatic heterocycles.